The van der Waals surface area contributed by atoms with E-state index in [1.807, 2.05) is 48.5 Å². The Balaban J connectivity index is 1.25. The van der Waals surface area contributed by atoms with Crippen molar-refractivity contribution in [2.75, 3.05) is 23.3 Å². The summed E-state index contributed by atoms with van der Waals surface area (Å²) in [6, 6.07) is 17.3. The second kappa shape index (κ2) is 8.43. The van der Waals surface area contributed by atoms with E-state index in [2.05, 4.69) is 32.3 Å². The van der Waals surface area contributed by atoms with Gasteiger partial charge in [-0.25, -0.2) is 4.98 Å². The molecule has 1 amide bonds. The van der Waals surface area contributed by atoms with Gasteiger partial charge in [-0.2, -0.15) is 0 Å². The van der Waals surface area contributed by atoms with Crippen molar-refractivity contribution in [2.24, 2.45) is 5.92 Å². The van der Waals surface area contributed by atoms with Crippen LogP contribution in [0.4, 0.5) is 11.5 Å². The van der Waals surface area contributed by atoms with Crippen molar-refractivity contribution in [1.29, 1.82) is 0 Å². The van der Waals surface area contributed by atoms with Crippen LogP contribution in [0.15, 0.2) is 60.1 Å². The van der Waals surface area contributed by atoms with Crippen LogP contribution < -0.4 is 10.2 Å². The van der Waals surface area contributed by atoms with Gasteiger partial charge in [-0.1, -0.05) is 19.1 Å². The molecule has 1 aliphatic rings. The van der Waals surface area contributed by atoms with Crippen molar-refractivity contribution in [3.8, 4) is 11.3 Å². The summed E-state index contributed by atoms with van der Waals surface area (Å²) in [6.45, 7) is 4.39. The van der Waals surface area contributed by atoms with Gasteiger partial charge in [-0.3, -0.25) is 4.79 Å². The average Bonchev–Trinajstić information content (AvgIpc) is 3.28. The highest BCUT2D eigenvalue weighted by Gasteiger charge is 2.17. The molecule has 1 saturated heterocycles. The van der Waals surface area contributed by atoms with Crippen molar-refractivity contribution >= 4 is 39.0 Å². The number of carbonyl (C=O) groups is 1. The number of anilines is 2. The van der Waals surface area contributed by atoms with E-state index in [-0.39, 0.29) is 5.91 Å². The smallest absolute Gasteiger partial charge is 0.255 e. The molecule has 156 valence electrons. The Morgan fingerprint density at radius 3 is 2.58 bits per heavy atom. The van der Waals surface area contributed by atoms with Crippen LogP contribution in [0, 0.1) is 5.92 Å². The Morgan fingerprint density at radius 2 is 1.84 bits per heavy atom. The molecule has 2 aromatic heterocycles. The third-order valence-electron chi connectivity index (χ3n) is 5.79. The van der Waals surface area contributed by atoms with Gasteiger partial charge < -0.3 is 10.2 Å². The van der Waals surface area contributed by atoms with Gasteiger partial charge in [0.15, 0.2) is 5.82 Å². The Morgan fingerprint density at radius 1 is 1.03 bits per heavy atom. The standard InChI is InChI=1S/C24H23N5OS/c1-16-10-12-29(13-11-16)23-9-8-20(27-28-23)17-2-5-19(6-3-17)26-24(30)18-4-7-21-22(14-18)31-15-25-21/h2-9,14-16H,10-13H2,1H3,(H,26,30). The van der Waals surface area contributed by atoms with Crippen LogP contribution in [0.2, 0.25) is 0 Å². The van der Waals surface area contributed by atoms with Crippen molar-refractivity contribution in [1.82, 2.24) is 15.2 Å². The van der Waals surface area contributed by atoms with Gasteiger partial charge in [0.2, 0.25) is 0 Å². The lowest BCUT2D eigenvalue weighted by molar-refractivity contribution is 0.102. The maximum Gasteiger partial charge on any atom is 0.255 e. The first-order valence-corrected chi connectivity index (χ1v) is 11.4. The van der Waals surface area contributed by atoms with Gasteiger partial charge in [0, 0.05) is 29.9 Å². The minimum atomic E-state index is -0.136. The van der Waals surface area contributed by atoms with Crippen molar-refractivity contribution < 1.29 is 4.79 Å². The topological polar surface area (TPSA) is 71.0 Å². The fourth-order valence-corrected chi connectivity index (χ4v) is 4.53. The van der Waals surface area contributed by atoms with Crippen LogP contribution in [0.3, 0.4) is 0 Å². The molecule has 0 atom stereocenters. The highest BCUT2D eigenvalue weighted by molar-refractivity contribution is 7.16. The molecule has 5 rings (SSSR count). The number of fused-ring (bicyclic) bond motifs is 1. The minimum absolute atomic E-state index is 0.136. The molecular formula is C24H23N5OS. The molecule has 0 aliphatic carbocycles. The second-order valence-corrected chi connectivity index (χ2v) is 8.90. The van der Waals surface area contributed by atoms with Gasteiger partial charge in [-0.05, 0) is 61.2 Å². The first kappa shape index (κ1) is 19.6. The van der Waals surface area contributed by atoms with Crippen LogP contribution in [0.1, 0.15) is 30.1 Å². The van der Waals surface area contributed by atoms with Crippen LogP contribution in [-0.2, 0) is 0 Å². The van der Waals surface area contributed by atoms with Gasteiger partial charge in [-0.15, -0.1) is 21.5 Å². The van der Waals surface area contributed by atoms with Gasteiger partial charge >= 0.3 is 0 Å². The SMILES string of the molecule is CC1CCN(c2ccc(-c3ccc(NC(=O)c4ccc5ncsc5c4)cc3)nn2)CC1. The molecule has 7 heteroatoms. The van der Waals surface area contributed by atoms with E-state index in [0.717, 1.165) is 52.0 Å². The van der Waals surface area contributed by atoms with Crippen molar-refractivity contribution in [3.63, 3.8) is 0 Å². The normalized spacial score (nSPS) is 14.7. The number of benzene rings is 2. The van der Waals surface area contributed by atoms with E-state index in [1.165, 1.54) is 24.2 Å². The number of rotatable bonds is 4. The Bertz CT molecular complexity index is 1190. The number of nitrogens with zero attached hydrogens (tertiary/aromatic N) is 4. The summed E-state index contributed by atoms with van der Waals surface area (Å²) < 4.78 is 1.00. The summed E-state index contributed by atoms with van der Waals surface area (Å²) in [7, 11) is 0. The number of hydrogen-bond donors (Lipinski definition) is 1. The zero-order chi connectivity index (χ0) is 21.2. The van der Waals surface area contributed by atoms with Gasteiger partial charge in [0.1, 0.15) is 0 Å². The lowest BCUT2D eigenvalue weighted by Crippen LogP contribution is -2.33. The number of aromatic nitrogens is 3. The average molecular weight is 430 g/mol. The molecule has 0 radical (unpaired) electrons. The highest BCUT2D eigenvalue weighted by atomic mass is 32.1. The molecule has 3 heterocycles. The van der Waals surface area contributed by atoms with Crippen LogP contribution in [0.5, 0.6) is 0 Å². The molecule has 6 nitrogen and oxygen atoms in total. The molecule has 1 fully saturated rings. The third kappa shape index (κ3) is 4.27. The summed E-state index contributed by atoms with van der Waals surface area (Å²) >= 11 is 1.53. The minimum Gasteiger partial charge on any atom is -0.355 e. The molecule has 0 unspecified atom stereocenters. The number of piperidine rings is 1. The van der Waals surface area contributed by atoms with E-state index in [9.17, 15) is 4.79 Å². The van der Waals surface area contributed by atoms with E-state index in [4.69, 9.17) is 0 Å². The summed E-state index contributed by atoms with van der Waals surface area (Å²) in [5.74, 6) is 1.60. The highest BCUT2D eigenvalue weighted by Crippen LogP contribution is 2.24. The second-order valence-electron chi connectivity index (χ2n) is 8.01. The third-order valence-corrected chi connectivity index (χ3v) is 6.58. The predicted octanol–water partition coefficient (Wildman–Crippen LogP) is 5.24. The lowest BCUT2D eigenvalue weighted by atomic mass is 9.99. The summed E-state index contributed by atoms with van der Waals surface area (Å²) in [6.07, 6.45) is 2.41. The van der Waals surface area contributed by atoms with E-state index < -0.39 is 0 Å². The monoisotopic (exact) mass is 429 g/mol. The zero-order valence-corrected chi connectivity index (χ0v) is 18.1. The maximum atomic E-state index is 12.6. The molecule has 0 saturated carbocycles. The molecule has 0 spiro atoms. The van der Waals surface area contributed by atoms with Crippen LogP contribution in [0.25, 0.3) is 21.5 Å². The number of nitrogens with one attached hydrogen (secondary N) is 1. The Hall–Kier alpha value is -3.32. The van der Waals surface area contributed by atoms with E-state index >= 15 is 0 Å². The molecule has 0 bridgehead atoms. The number of hydrogen-bond acceptors (Lipinski definition) is 6. The van der Waals surface area contributed by atoms with E-state index in [0.29, 0.717) is 5.56 Å². The molecule has 31 heavy (non-hydrogen) atoms. The lowest BCUT2D eigenvalue weighted by Gasteiger charge is -2.30. The zero-order valence-electron chi connectivity index (χ0n) is 17.3. The van der Waals surface area contributed by atoms with E-state index in [1.54, 1.807) is 11.6 Å². The first-order chi connectivity index (χ1) is 15.2. The largest absolute Gasteiger partial charge is 0.355 e. The fraction of sp³-hybridized carbons (Fsp3) is 0.250. The molecular weight excluding hydrogens is 406 g/mol. The Kier molecular flexibility index (Phi) is 5.34. The van der Waals surface area contributed by atoms with Crippen molar-refractivity contribution in [3.05, 3.63) is 65.7 Å². The van der Waals surface area contributed by atoms with Crippen LogP contribution in [-0.4, -0.2) is 34.2 Å². The fourth-order valence-electron chi connectivity index (χ4n) is 3.81. The molecule has 1 aliphatic heterocycles. The molecule has 1 N–H and O–H groups in total. The summed E-state index contributed by atoms with van der Waals surface area (Å²) in [5.41, 5.74) is 5.85. The maximum absolute atomic E-state index is 12.6. The van der Waals surface area contributed by atoms with Crippen molar-refractivity contribution in [2.45, 2.75) is 19.8 Å². The number of thiazole rings is 1. The summed E-state index contributed by atoms with van der Waals surface area (Å²) in [5, 5.41) is 11.8. The molecule has 4 aromatic rings. The number of amides is 1. The summed E-state index contributed by atoms with van der Waals surface area (Å²) in [4.78, 5) is 19.1. The van der Waals surface area contributed by atoms with Crippen LogP contribution >= 0.6 is 11.3 Å². The van der Waals surface area contributed by atoms with Gasteiger partial charge in [0.05, 0.1) is 21.4 Å². The first-order valence-electron chi connectivity index (χ1n) is 10.5. The van der Waals surface area contributed by atoms with Gasteiger partial charge in [0.25, 0.3) is 5.91 Å². The predicted molar refractivity (Wildman–Crippen MR) is 126 cm³/mol. The Labute approximate surface area is 185 Å². The number of carbonyl (C=O) groups excluding carboxylic acids is 1. The molecule has 2 aromatic carbocycles. The quantitative estimate of drug-likeness (QED) is 0.480.